The van der Waals surface area contributed by atoms with Gasteiger partial charge in [-0.25, -0.2) is 0 Å². The van der Waals surface area contributed by atoms with Gasteiger partial charge in [-0.05, 0) is 19.1 Å². The van der Waals surface area contributed by atoms with Crippen LogP contribution >= 0.6 is 0 Å². The number of hydrogen-bond acceptors (Lipinski definition) is 13. The summed E-state index contributed by atoms with van der Waals surface area (Å²) >= 11 is 0. The average molecular weight is 627 g/mol. The molecule has 0 aromatic heterocycles. The van der Waals surface area contributed by atoms with Crippen molar-refractivity contribution in [1.82, 2.24) is 0 Å². The van der Waals surface area contributed by atoms with E-state index in [1.807, 2.05) is 6.92 Å². The van der Waals surface area contributed by atoms with Crippen molar-refractivity contribution in [1.29, 1.82) is 0 Å². The average Bonchev–Trinajstić information content (AvgIpc) is 3.00. The normalized spacial score (nSPS) is 11.8. The predicted molar refractivity (Wildman–Crippen MR) is 153 cm³/mol. The number of benzene rings is 1. The third kappa shape index (κ3) is 25.2. The molecule has 0 fully saturated rings. The highest BCUT2D eigenvalue weighted by Gasteiger charge is 2.13. The van der Waals surface area contributed by atoms with E-state index >= 15 is 0 Å². The van der Waals surface area contributed by atoms with Gasteiger partial charge in [-0.15, -0.1) is 0 Å². The second kappa shape index (κ2) is 29.8. The Morgan fingerprint density at radius 2 is 0.667 bits per heavy atom. The van der Waals surface area contributed by atoms with Crippen LogP contribution in [0.4, 0.5) is 0 Å². The zero-order chi connectivity index (χ0) is 30.2. The van der Waals surface area contributed by atoms with Gasteiger partial charge in [0.1, 0.15) is 0 Å². The van der Waals surface area contributed by atoms with Gasteiger partial charge in [0.25, 0.3) is 10.1 Å². The Morgan fingerprint density at radius 3 is 0.952 bits per heavy atom. The molecule has 42 heavy (non-hydrogen) atoms. The van der Waals surface area contributed by atoms with E-state index in [0.29, 0.717) is 126 Å². The summed E-state index contributed by atoms with van der Waals surface area (Å²) in [6.45, 7) is 11.6. The molecule has 0 atom stereocenters. The molecule has 0 unspecified atom stereocenters. The first kappa shape index (κ1) is 38.8. The van der Waals surface area contributed by atoms with Crippen molar-refractivity contribution in [2.45, 2.75) is 11.8 Å². The third-order valence-electron chi connectivity index (χ3n) is 5.05. The minimum Gasteiger partial charge on any atom is -0.379 e. The van der Waals surface area contributed by atoms with Gasteiger partial charge in [0, 0.05) is 6.61 Å². The molecule has 1 aromatic carbocycles. The summed E-state index contributed by atoms with van der Waals surface area (Å²) in [6.07, 6.45) is 0. The maximum atomic E-state index is 11.9. The summed E-state index contributed by atoms with van der Waals surface area (Å²) in [5.41, 5.74) is 0. The number of hydrogen-bond donors (Lipinski definition) is 0. The summed E-state index contributed by atoms with van der Waals surface area (Å²) in [5.74, 6) is 0. The van der Waals surface area contributed by atoms with Crippen molar-refractivity contribution < 1.29 is 60.0 Å². The van der Waals surface area contributed by atoms with Crippen LogP contribution in [0.2, 0.25) is 0 Å². The Morgan fingerprint density at radius 1 is 0.405 bits per heavy atom. The van der Waals surface area contributed by atoms with Crippen LogP contribution in [-0.4, -0.2) is 147 Å². The smallest absolute Gasteiger partial charge is 0.297 e. The van der Waals surface area contributed by atoms with E-state index in [-0.39, 0.29) is 18.1 Å². The van der Waals surface area contributed by atoms with Crippen molar-refractivity contribution >= 4 is 10.1 Å². The van der Waals surface area contributed by atoms with Gasteiger partial charge in [-0.2, -0.15) is 8.42 Å². The van der Waals surface area contributed by atoms with E-state index in [4.69, 9.17) is 51.6 Å². The van der Waals surface area contributed by atoms with Crippen LogP contribution in [-0.2, 0) is 61.7 Å². The topological polar surface area (TPSA) is 136 Å². The van der Waals surface area contributed by atoms with Crippen LogP contribution in [0.25, 0.3) is 0 Å². The summed E-state index contributed by atoms with van der Waals surface area (Å²) < 4.78 is 82.7. The fraction of sp³-hybridized carbons (Fsp3) is 0.786. The lowest BCUT2D eigenvalue weighted by molar-refractivity contribution is -0.0265. The first-order valence-corrected chi connectivity index (χ1v) is 15.8. The van der Waals surface area contributed by atoms with Gasteiger partial charge in [0.15, 0.2) is 0 Å². The van der Waals surface area contributed by atoms with Crippen molar-refractivity contribution in [3.63, 3.8) is 0 Å². The highest BCUT2D eigenvalue weighted by atomic mass is 32.2. The van der Waals surface area contributed by atoms with E-state index in [1.54, 1.807) is 18.2 Å². The van der Waals surface area contributed by atoms with Crippen LogP contribution in [0.5, 0.6) is 0 Å². The van der Waals surface area contributed by atoms with E-state index in [2.05, 4.69) is 0 Å². The molecule has 0 amide bonds. The monoisotopic (exact) mass is 626 g/mol. The molecule has 0 aliphatic carbocycles. The Balaban J connectivity index is 1.68. The Bertz CT molecular complexity index is 783. The summed E-state index contributed by atoms with van der Waals surface area (Å²) in [7, 11) is -3.75. The summed E-state index contributed by atoms with van der Waals surface area (Å²) in [5, 5.41) is 0. The molecule has 1 rings (SSSR count). The van der Waals surface area contributed by atoms with Gasteiger partial charge in [0.05, 0.1) is 137 Å². The molecule has 0 bridgehead atoms. The molecule has 0 radical (unpaired) electrons. The first-order valence-electron chi connectivity index (χ1n) is 14.4. The fourth-order valence-corrected chi connectivity index (χ4v) is 3.90. The standard InChI is InChI=1S/C28H50O13S/c1-2-31-8-9-32-10-11-33-12-13-34-14-15-35-16-17-36-18-19-37-20-21-38-22-23-39-24-25-40-26-27-41-42(29,30)28-6-4-3-5-7-28/h3-7H,2,8-27H2,1H3. The second-order valence-corrected chi connectivity index (χ2v) is 9.91. The van der Waals surface area contributed by atoms with Crippen LogP contribution < -0.4 is 0 Å². The molecule has 0 saturated carbocycles. The minimum atomic E-state index is -3.75. The second-order valence-electron chi connectivity index (χ2n) is 8.30. The SMILES string of the molecule is CCOCCOCCOCCOCCOCCOCCOCCOCCOCCOCCOS(=O)(=O)c1ccccc1. The van der Waals surface area contributed by atoms with Crippen LogP contribution in [0.1, 0.15) is 6.92 Å². The van der Waals surface area contributed by atoms with Crippen LogP contribution in [0.3, 0.4) is 0 Å². The van der Waals surface area contributed by atoms with Gasteiger partial charge in [-0.1, -0.05) is 18.2 Å². The minimum absolute atomic E-state index is 0.0560. The summed E-state index contributed by atoms with van der Waals surface area (Å²) in [6, 6.07) is 7.98. The lowest BCUT2D eigenvalue weighted by Crippen LogP contribution is -2.15. The molecule has 1 aromatic rings. The van der Waals surface area contributed by atoms with Gasteiger partial charge >= 0.3 is 0 Å². The van der Waals surface area contributed by atoms with Gasteiger partial charge in [0.2, 0.25) is 0 Å². The molecular formula is C28H50O13S. The number of rotatable bonds is 33. The third-order valence-corrected chi connectivity index (χ3v) is 6.38. The quantitative estimate of drug-likeness (QED) is 0.0826. The van der Waals surface area contributed by atoms with Crippen molar-refractivity contribution in [2.75, 3.05) is 139 Å². The molecule has 0 saturated heterocycles. The Hall–Kier alpha value is -1.27. The van der Waals surface area contributed by atoms with Gasteiger partial charge in [-0.3, -0.25) is 4.18 Å². The molecule has 246 valence electrons. The van der Waals surface area contributed by atoms with Crippen molar-refractivity contribution in [2.24, 2.45) is 0 Å². The van der Waals surface area contributed by atoms with Gasteiger partial charge < -0.3 is 47.4 Å². The molecule has 0 heterocycles. The highest BCUT2D eigenvalue weighted by molar-refractivity contribution is 7.86. The lowest BCUT2D eigenvalue weighted by Gasteiger charge is -2.09. The zero-order valence-electron chi connectivity index (χ0n) is 25.0. The maximum Gasteiger partial charge on any atom is 0.297 e. The zero-order valence-corrected chi connectivity index (χ0v) is 25.8. The van der Waals surface area contributed by atoms with Crippen LogP contribution in [0.15, 0.2) is 35.2 Å². The molecule has 0 spiro atoms. The largest absolute Gasteiger partial charge is 0.379 e. The molecule has 0 aliphatic heterocycles. The lowest BCUT2D eigenvalue weighted by atomic mass is 10.4. The number of ether oxygens (including phenoxy) is 10. The van der Waals surface area contributed by atoms with Crippen molar-refractivity contribution in [3.05, 3.63) is 30.3 Å². The molecule has 14 heteroatoms. The highest BCUT2D eigenvalue weighted by Crippen LogP contribution is 2.10. The Labute approximate surface area is 251 Å². The fourth-order valence-electron chi connectivity index (χ4n) is 2.98. The molecule has 13 nitrogen and oxygen atoms in total. The molecule has 0 N–H and O–H groups in total. The van der Waals surface area contributed by atoms with E-state index in [1.165, 1.54) is 12.1 Å². The van der Waals surface area contributed by atoms with Crippen molar-refractivity contribution in [3.8, 4) is 0 Å². The molecular weight excluding hydrogens is 576 g/mol. The maximum absolute atomic E-state index is 11.9. The predicted octanol–water partition coefficient (Wildman–Crippen LogP) is 1.58. The Kier molecular flexibility index (Phi) is 27.5. The first-order chi connectivity index (χ1) is 20.7. The van der Waals surface area contributed by atoms with E-state index in [0.717, 1.165) is 0 Å². The van der Waals surface area contributed by atoms with Crippen LogP contribution in [0, 0.1) is 0 Å². The van der Waals surface area contributed by atoms with E-state index in [9.17, 15) is 8.42 Å². The summed E-state index contributed by atoms with van der Waals surface area (Å²) in [4.78, 5) is 0.122. The van der Waals surface area contributed by atoms with E-state index < -0.39 is 10.1 Å². The molecule has 0 aliphatic rings.